The van der Waals surface area contributed by atoms with Crippen LogP contribution < -0.4 is 0 Å². The molecule has 0 spiro atoms. The summed E-state index contributed by atoms with van der Waals surface area (Å²) < 4.78 is 1.04. The fourth-order valence-corrected chi connectivity index (χ4v) is 3.53. The molecular weight excluding hydrogens is 414 g/mol. The average molecular weight is 427 g/mol. The lowest BCUT2D eigenvalue weighted by molar-refractivity contribution is 1.13. The van der Waals surface area contributed by atoms with Crippen LogP contribution in [0.2, 0.25) is 5.02 Å². The van der Waals surface area contributed by atoms with Crippen molar-refractivity contribution in [2.45, 2.75) is 12.3 Å². The van der Waals surface area contributed by atoms with Crippen LogP contribution in [0.1, 0.15) is 22.1 Å². The van der Waals surface area contributed by atoms with Crippen LogP contribution in [-0.2, 0) is 0 Å². The van der Waals surface area contributed by atoms with Gasteiger partial charge in [-0.2, -0.15) is 0 Å². The highest BCUT2D eigenvalue weighted by atomic mass is 127. The molecule has 21 heavy (non-hydrogen) atoms. The van der Waals surface area contributed by atoms with Crippen LogP contribution in [0.15, 0.2) is 54.6 Å². The quantitative estimate of drug-likeness (QED) is 0.314. The second-order valence-electron chi connectivity index (χ2n) is 5.05. The zero-order valence-electron chi connectivity index (χ0n) is 11.4. The Bertz CT molecular complexity index is 811. The van der Waals surface area contributed by atoms with Gasteiger partial charge in [-0.05, 0) is 69.1 Å². The first-order valence-corrected chi connectivity index (χ1v) is 8.54. The summed E-state index contributed by atoms with van der Waals surface area (Å²) in [5.41, 5.74) is 3.39. The van der Waals surface area contributed by atoms with Crippen LogP contribution in [-0.4, -0.2) is 0 Å². The molecule has 3 aromatic carbocycles. The van der Waals surface area contributed by atoms with Gasteiger partial charge in [0.25, 0.3) is 0 Å². The molecule has 0 N–H and O–H groups in total. The maximum atomic E-state index is 6.78. The van der Waals surface area contributed by atoms with Crippen LogP contribution in [0.3, 0.4) is 0 Å². The maximum absolute atomic E-state index is 6.78. The Balaban J connectivity index is 2.19. The number of benzene rings is 3. The molecule has 3 aromatic rings. The summed E-state index contributed by atoms with van der Waals surface area (Å²) in [6.45, 7) is 2.10. The van der Waals surface area contributed by atoms with Crippen LogP contribution >= 0.6 is 45.8 Å². The molecule has 106 valence electrons. The van der Waals surface area contributed by atoms with Crippen molar-refractivity contribution in [1.29, 1.82) is 0 Å². The number of hydrogen-bond donors (Lipinski definition) is 0. The van der Waals surface area contributed by atoms with Gasteiger partial charge in [-0.15, -0.1) is 11.6 Å². The molecule has 0 heterocycles. The first kappa shape index (κ1) is 15.1. The van der Waals surface area contributed by atoms with E-state index in [4.69, 9.17) is 23.2 Å². The lowest BCUT2D eigenvalue weighted by Gasteiger charge is -2.17. The Morgan fingerprint density at radius 2 is 1.76 bits per heavy atom. The topological polar surface area (TPSA) is 0 Å². The molecule has 0 aliphatic rings. The lowest BCUT2D eigenvalue weighted by atomic mass is 9.94. The molecule has 0 aliphatic heterocycles. The number of fused-ring (bicyclic) bond motifs is 1. The minimum absolute atomic E-state index is 0.203. The van der Waals surface area contributed by atoms with E-state index < -0.39 is 0 Å². The summed E-state index contributed by atoms with van der Waals surface area (Å²) in [7, 11) is 0. The van der Waals surface area contributed by atoms with Crippen molar-refractivity contribution in [3.8, 4) is 0 Å². The van der Waals surface area contributed by atoms with E-state index in [1.54, 1.807) is 0 Å². The van der Waals surface area contributed by atoms with Crippen molar-refractivity contribution < 1.29 is 0 Å². The molecule has 0 radical (unpaired) electrons. The molecule has 0 nitrogen and oxygen atoms in total. The fourth-order valence-electron chi connectivity index (χ4n) is 2.58. The Kier molecular flexibility index (Phi) is 4.43. The zero-order valence-corrected chi connectivity index (χ0v) is 15.1. The molecule has 0 aliphatic carbocycles. The normalized spacial score (nSPS) is 12.6. The second-order valence-corrected chi connectivity index (χ2v) is 7.06. The Morgan fingerprint density at radius 1 is 1.00 bits per heavy atom. The van der Waals surface area contributed by atoms with Crippen molar-refractivity contribution >= 4 is 56.6 Å². The summed E-state index contributed by atoms with van der Waals surface area (Å²) in [6, 6.07) is 18.6. The first-order valence-electron chi connectivity index (χ1n) is 6.65. The fraction of sp³-hybridized carbons (Fsp3) is 0.111. The van der Waals surface area contributed by atoms with E-state index in [1.807, 2.05) is 24.3 Å². The number of halogens is 3. The minimum Gasteiger partial charge on any atom is -0.113 e. The standard InChI is InChI=1S/C18H13Cl2I/c1-11-6-7-12-4-2-3-5-14(12)17(11)18(20)13-8-9-16(21)15(19)10-13/h2-10,18H,1H3. The summed E-state index contributed by atoms with van der Waals surface area (Å²) in [6.07, 6.45) is 0. The molecule has 0 fully saturated rings. The van der Waals surface area contributed by atoms with E-state index in [9.17, 15) is 0 Å². The Labute approximate surface area is 148 Å². The highest BCUT2D eigenvalue weighted by molar-refractivity contribution is 14.1. The lowest BCUT2D eigenvalue weighted by Crippen LogP contribution is -1.98. The molecule has 3 rings (SSSR count). The average Bonchev–Trinajstić information content (AvgIpc) is 2.49. The predicted octanol–water partition coefficient (Wildman–Crippen LogP) is 6.73. The number of aryl methyl sites for hydroxylation is 1. The monoisotopic (exact) mass is 426 g/mol. The van der Waals surface area contributed by atoms with E-state index in [0.29, 0.717) is 0 Å². The van der Waals surface area contributed by atoms with Crippen molar-refractivity contribution in [3.05, 3.63) is 79.9 Å². The van der Waals surface area contributed by atoms with Crippen LogP contribution in [0, 0.1) is 10.5 Å². The molecule has 3 heteroatoms. The smallest absolute Gasteiger partial charge is 0.0844 e. The Morgan fingerprint density at radius 3 is 2.52 bits per heavy atom. The van der Waals surface area contributed by atoms with E-state index >= 15 is 0 Å². The van der Waals surface area contributed by atoms with Crippen molar-refractivity contribution in [3.63, 3.8) is 0 Å². The largest absolute Gasteiger partial charge is 0.113 e. The molecule has 0 saturated carbocycles. The Hall–Kier alpha value is -0.770. The molecule has 0 saturated heterocycles. The number of rotatable bonds is 2. The van der Waals surface area contributed by atoms with Gasteiger partial charge in [0.15, 0.2) is 0 Å². The van der Waals surface area contributed by atoms with Gasteiger partial charge in [-0.25, -0.2) is 0 Å². The van der Waals surface area contributed by atoms with Crippen molar-refractivity contribution in [2.24, 2.45) is 0 Å². The van der Waals surface area contributed by atoms with Gasteiger partial charge in [0.1, 0.15) is 0 Å². The first-order chi connectivity index (χ1) is 10.1. The summed E-state index contributed by atoms with van der Waals surface area (Å²) in [5, 5.41) is 2.95. The van der Waals surface area contributed by atoms with E-state index in [0.717, 1.165) is 19.7 Å². The van der Waals surface area contributed by atoms with Gasteiger partial charge in [0.2, 0.25) is 0 Å². The third-order valence-corrected chi connectivity index (χ3v) is 5.72. The highest BCUT2D eigenvalue weighted by Gasteiger charge is 2.17. The van der Waals surface area contributed by atoms with Crippen LogP contribution in [0.5, 0.6) is 0 Å². The summed E-state index contributed by atoms with van der Waals surface area (Å²) in [4.78, 5) is 0. The predicted molar refractivity (Wildman–Crippen MR) is 101 cm³/mol. The molecular formula is C18H13Cl2I. The molecule has 1 unspecified atom stereocenters. The third-order valence-electron chi connectivity index (χ3n) is 3.68. The van der Waals surface area contributed by atoms with Crippen LogP contribution in [0.25, 0.3) is 10.8 Å². The SMILES string of the molecule is Cc1ccc2ccccc2c1C(Cl)c1ccc(I)c(Cl)c1. The minimum atomic E-state index is -0.203. The molecule has 0 bridgehead atoms. The summed E-state index contributed by atoms with van der Waals surface area (Å²) in [5.74, 6) is 0. The van der Waals surface area contributed by atoms with Gasteiger partial charge >= 0.3 is 0 Å². The van der Waals surface area contributed by atoms with E-state index in [-0.39, 0.29) is 5.38 Å². The van der Waals surface area contributed by atoms with E-state index in [2.05, 4.69) is 59.8 Å². The van der Waals surface area contributed by atoms with Crippen molar-refractivity contribution in [2.75, 3.05) is 0 Å². The molecule has 1 atom stereocenters. The van der Waals surface area contributed by atoms with Gasteiger partial charge in [-0.1, -0.05) is 54.1 Å². The summed E-state index contributed by atoms with van der Waals surface area (Å²) >= 11 is 15.2. The molecule has 0 aromatic heterocycles. The van der Waals surface area contributed by atoms with Gasteiger partial charge in [-0.3, -0.25) is 0 Å². The highest BCUT2D eigenvalue weighted by Crippen LogP contribution is 2.37. The van der Waals surface area contributed by atoms with Crippen LogP contribution in [0.4, 0.5) is 0 Å². The maximum Gasteiger partial charge on any atom is 0.0844 e. The number of alkyl halides is 1. The second kappa shape index (κ2) is 6.15. The van der Waals surface area contributed by atoms with Gasteiger partial charge < -0.3 is 0 Å². The zero-order chi connectivity index (χ0) is 15.0. The van der Waals surface area contributed by atoms with Gasteiger partial charge in [0.05, 0.1) is 10.4 Å². The van der Waals surface area contributed by atoms with E-state index in [1.165, 1.54) is 16.3 Å². The van der Waals surface area contributed by atoms with Crippen molar-refractivity contribution in [1.82, 2.24) is 0 Å². The molecule has 0 amide bonds. The van der Waals surface area contributed by atoms with Gasteiger partial charge in [0, 0.05) is 3.57 Å². The number of hydrogen-bond acceptors (Lipinski definition) is 0. The third kappa shape index (κ3) is 2.92.